The highest BCUT2D eigenvalue weighted by atomic mass is 19.1. The Labute approximate surface area is 181 Å². The summed E-state index contributed by atoms with van der Waals surface area (Å²) < 4.78 is 27.7. The molecule has 1 fully saturated rings. The Hall–Kier alpha value is -2.78. The summed E-state index contributed by atoms with van der Waals surface area (Å²) in [4.78, 5) is 23.6. The first kappa shape index (κ1) is 21.5. The van der Waals surface area contributed by atoms with Gasteiger partial charge in [0.05, 0.1) is 11.3 Å². The fourth-order valence-electron chi connectivity index (χ4n) is 3.92. The summed E-state index contributed by atoms with van der Waals surface area (Å²) >= 11 is 0. The molecule has 0 atom stereocenters. The van der Waals surface area contributed by atoms with Crippen molar-refractivity contribution in [3.8, 4) is 0 Å². The van der Waals surface area contributed by atoms with E-state index in [1.807, 2.05) is 4.90 Å². The van der Waals surface area contributed by atoms with E-state index in [0.29, 0.717) is 36.7 Å². The van der Waals surface area contributed by atoms with Gasteiger partial charge in [0.2, 0.25) is 0 Å². The van der Waals surface area contributed by atoms with E-state index in [1.54, 1.807) is 12.3 Å². The summed E-state index contributed by atoms with van der Waals surface area (Å²) in [5.41, 5.74) is 1.43. The molecule has 0 saturated carbocycles. The zero-order valence-corrected chi connectivity index (χ0v) is 17.7. The van der Waals surface area contributed by atoms with E-state index < -0.39 is 11.6 Å². The molecule has 1 aromatic heterocycles. The third kappa shape index (κ3) is 5.29. The summed E-state index contributed by atoms with van der Waals surface area (Å²) in [6.45, 7) is 6.89. The van der Waals surface area contributed by atoms with Gasteiger partial charge in [0.15, 0.2) is 0 Å². The Morgan fingerprint density at radius 1 is 1.16 bits per heavy atom. The van der Waals surface area contributed by atoms with Crippen LogP contribution in [0.2, 0.25) is 0 Å². The largest absolute Gasteiger partial charge is 0.367 e. The van der Waals surface area contributed by atoms with Gasteiger partial charge in [0.25, 0.3) is 5.91 Å². The summed E-state index contributed by atoms with van der Waals surface area (Å²) in [6.07, 6.45) is 1.54. The normalized spacial score (nSPS) is 17.2. The van der Waals surface area contributed by atoms with Crippen molar-refractivity contribution in [1.29, 1.82) is 0 Å². The molecule has 7 nitrogen and oxygen atoms in total. The van der Waals surface area contributed by atoms with Gasteiger partial charge in [0, 0.05) is 70.7 Å². The number of fused-ring (bicyclic) bond motifs is 1. The number of hydrogen-bond donors (Lipinski definition) is 2. The van der Waals surface area contributed by atoms with Crippen LogP contribution in [0.5, 0.6) is 0 Å². The van der Waals surface area contributed by atoms with E-state index in [2.05, 4.69) is 32.5 Å². The Morgan fingerprint density at radius 3 is 2.77 bits per heavy atom. The van der Waals surface area contributed by atoms with Gasteiger partial charge in [-0.2, -0.15) is 0 Å². The minimum atomic E-state index is -0.474. The van der Waals surface area contributed by atoms with Crippen molar-refractivity contribution in [3.05, 3.63) is 53.2 Å². The fraction of sp³-hybridized carbons (Fsp3) is 0.455. The zero-order chi connectivity index (χ0) is 21.8. The maximum atomic E-state index is 14.1. The summed E-state index contributed by atoms with van der Waals surface area (Å²) in [7, 11) is 2.11. The molecule has 2 N–H and O–H groups in total. The van der Waals surface area contributed by atoms with Crippen molar-refractivity contribution in [1.82, 2.24) is 20.1 Å². The van der Waals surface area contributed by atoms with E-state index in [0.717, 1.165) is 44.9 Å². The van der Waals surface area contributed by atoms with Crippen LogP contribution in [0, 0.1) is 11.6 Å². The number of hydrogen-bond acceptors (Lipinski definition) is 6. The standard InChI is InChI=1S/C22H28F2N6O/c1-28-8-10-29(11-9-28)6-4-26-22(31)16-13-20-21(27-14-16)25-5-7-30(20)15-17-12-18(23)2-3-19(17)24/h2-3,12-14H,4-11,15H2,1H3,(H,25,27)(H,26,31). The van der Waals surface area contributed by atoms with Crippen molar-refractivity contribution >= 4 is 17.4 Å². The molecule has 4 rings (SSSR count). The van der Waals surface area contributed by atoms with Crippen molar-refractivity contribution in [3.63, 3.8) is 0 Å². The fourth-order valence-corrected chi connectivity index (χ4v) is 3.92. The summed E-state index contributed by atoms with van der Waals surface area (Å²) in [6, 6.07) is 5.21. The van der Waals surface area contributed by atoms with Crippen LogP contribution in [0.15, 0.2) is 30.5 Å². The van der Waals surface area contributed by atoms with Gasteiger partial charge in [-0.1, -0.05) is 0 Å². The van der Waals surface area contributed by atoms with E-state index in [1.165, 1.54) is 6.07 Å². The van der Waals surface area contributed by atoms with Gasteiger partial charge in [-0.05, 0) is 31.3 Å². The van der Waals surface area contributed by atoms with Crippen LogP contribution in [0.1, 0.15) is 15.9 Å². The molecular formula is C22H28F2N6O. The minimum Gasteiger partial charge on any atom is -0.367 e. The summed E-state index contributed by atoms with van der Waals surface area (Å²) in [5.74, 6) is -0.477. The van der Waals surface area contributed by atoms with Crippen LogP contribution in [0.25, 0.3) is 0 Å². The van der Waals surface area contributed by atoms with Gasteiger partial charge < -0.3 is 20.4 Å². The molecule has 0 unspecified atom stereocenters. The Balaban J connectivity index is 1.40. The molecule has 166 valence electrons. The Bertz CT molecular complexity index is 932. The minimum absolute atomic E-state index is 0.188. The highest BCUT2D eigenvalue weighted by Gasteiger charge is 2.21. The van der Waals surface area contributed by atoms with E-state index >= 15 is 0 Å². The lowest BCUT2D eigenvalue weighted by Crippen LogP contribution is -2.46. The molecule has 0 spiro atoms. The molecule has 0 radical (unpaired) electrons. The maximum Gasteiger partial charge on any atom is 0.252 e. The number of halogens is 2. The molecule has 2 aliphatic heterocycles. The predicted octanol–water partition coefficient (Wildman–Crippen LogP) is 1.77. The number of nitrogens with one attached hydrogen (secondary N) is 2. The van der Waals surface area contributed by atoms with Crippen LogP contribution in [-0.2, 0) is 6.54 Å². The van der Waals surface area contributed by atoms with E-state index in [-0.39, 0.29) is 18.0 Å². The second-order valence-corrected chi connectivity index (χ2v) is 8.08. The number of amides is 1. The zero-order valence-electron chi connectivity index (χ0n) is 17.7. The third-order valence-electron chi connectivity index (χ3n) is 5.82. The van der Waals surface area contributed by atoms with Gasteiger partial charge in [-0.3, -0.25) is 9.69 Å². The Morgan fingerprint density at radius 2 is 1.97 bits per heavy atom. The number of anilines is 2. The van der Waals surface area contributed by atoms with Crippen LogP contribution in [0.3, 0.4) is 0 Å². The molecule has 2 aliphatic rings. The third-order valence-corrected chi connectivity index (χ3v) is 5.82. The number of likely N-dealkylation sites (N-methyl/N-ethyl adjacent to an activating group) is 1. The molecule has 1 amide bonds. The monoisotopic (exact) mass is 430 g/mol. The van der Waals surface area contributed by atoms with Crippen LogP contribution in [0.4, 0.5) is 20.3 Å². The molecule has 1 saturated heterocycles. The topological polar surface area (TPSA) is 63.7 Å². The number of aromatic nitrogens is 1. The molecular weight excluding hydrogens is 402 g/mol. The second-order valence-electron chi connectivity index (χ2n) is 8.08. The van der Waals surface area contributed by atoms with Gasteiger partial charge in [0.1, 0.15) is 17.5 Å². The lowest BCUT2D eigenvalue weighted by atomic mass is 10.1. The molecule has 31 heavy (non-hydrogen) atoms. The Kier molecular flexibility index (Phi) is 6.62. The number of pyridine rings is 1. The van der Waals surface area contributed by atoms with Crippen LogP contribution >= 0.6 is 0 Å². The molecule has 2 aromatic rings. The number of carbonyl (C=O) groups is 1. The van der Waals surface area contributed by atoms with Crippen molar-refractivity contribution in [2.24, 2.45) is 0 Å². The average Bonchev–Trinajstić information content (AvgIpc) is 2.77. The SMILES string of the molecule is CN1CCN(CCNC(=O)c2cnc3c(c2)N(Cc2cc(F)ccc2F)CCN3)CC1. The van der Waals surface area contributed by atoms with Crippen LogP contribution < -0.4 is 15.5 Å². The smallest absolute Gasteiger partial charge is 0.252 e. The number of rotatable bonds is 6. The number of nitrogens with zero attached hydrogens (tertiary/aromatic N) is 4. The van der Waals surface area contributed by atoms with E-state index in [9.17, 15) is 13.6 Å². The lowest BCUT2D eigenvalue weighted by Gasteiger charge is -2.32. The van der Waals surface area contributed by atoms with E-state index in [4.69, 9.17) is 0 Å². The van der Waals surface area contributed by atoms with Crippen molar-refractivity contribution in [2.45, 2.75) is 6.54 Å². The lowest BCUT2D eigenvalue weighted by molar-refractivity contribution is 0.0940. The first-order valence-electron chi connectivity index (χ1n) is 10.6. The number of carbonyl (C=O) groups excluding carboxylic acids is 1. The highest BCUT2D eigenvalue weighted by Crippen LogP contribution is 2.29. The summed E-state index contributed by atoms with van der Waals surface area (Å²) in [5, 5.41) is 6.16. The quantitative estimate of drug-likeness (QED) is 0.729. The molecule has 0 bridgehead atoms. The van der Waals surface area contributed by atoms with Gasteiger partial charge in [-0.25, -0.2) is 13.8 Å². The first-order valence-corrected chi connectivity index (χ1v) is 10.6. The molecule has 1 aromatic carbocycles. The maximum absolute atomic E-state index is 14.1. The molecule has 0 aliphatic carbocycles. The van der Waals surface area contributed by atoms with Crippen molar-refractivity contribution < 1.29 is 13.6 Å². The molecule has 3 heterocycles. The van der Waals surface area contributed by atoms with Gasteiger partial charge in [-0.15, -0.1) is 0 Å². The number of benzene rings is 1. The average molecular weight is 431 g/mol. The molecule has 9 heteroatoms. The van der Waals surface area contributed by atoms with Crippen molar-refractivity contribution in [2.75, 3.05) is 69.6 Å². The first-order chi connectivity index (χ1) is 15.0. The highest BCUT2D eigenvalue weighted by molar-refractivity contribution is 5.95. The number of piperazine rings is 1. The van der Waals surface area contributed by atoms with Crippen LogP contribution in [-0.4, -0.2) is 80.1 Å². The second kappa shape index (κ2) is 9.57. The van der Waals surface area contributed by atoms with Gasteiger partial charge >= 0.3 is 0 Å². The predicted molar refractivity (Wildman–Crippen MR) is 116 cm³/mol.